The SMILES string of the molecule is N=C(N)c1ccc(CC(=O)C(=O)O)c(OCCNC(=O)c2ccc3nc(N)sc3c2)c1.O=C(O)C(F)(F)F. The molecule has 1 aromatic heterocycles. The van der Waals surface area contributed by atoms with E-state index < -0.39 is 23.9 Å². The van der Waals surface area contributed by atoms with Crippen LogP contribution in [-0.2, 0) is 20.8 Å². The van der Waals surface area contributed by atoms with Gasteiger partial charge in [0.1, 0.15) is 18.2 Å². The maximum Gasteiger partial charge on any atom is 0.490 e. The van der Waals surface area contributed by atoms with Gasteiger partial charge in [-0.25, -0.2) is 14.6 Å². The smallest absolute Gasteiger partial charge is 0.490 e. The lowest BCUT2D eigenvalue weighted by atomic mass is 10.0. The van der Waals surface area contributed by atoms with Gasteiger partial charge in [0.25, 0.3) is 5.91 Å². The van der Waals surface area contributed by atoms with Crippen LogP contribution in [0.2, 0.25) is 0 Å². The third-order valence-electron chi connectivity index (χ3n) is 4.52. The molecule has 0 fully saturated rings. The number of nitrogens with zero attached hydrogens (tertiary/aromatic N) is 1. The van der Waals surface area contributed by atoms with Crippen LogP contribution in [0.5, 0.6) is 5.75 Å². The van der Waals surface area contributed by atoms with Gasteiger partial charge in [0.05, 0.1) is 16.8 Å². The number of halogens is 3. The minimum atomic E-state index is -5.08. The number of nitrogens with one attached hydrogen (secondary N) is 2. The Morgan fingerprint density at radius 3 is 2.29 bits per heavy atom. The molecule has 1 amide bonds. The van der Waals surface area contributed by atoms with Crippen LogP contribution in [0.4, 0.5) is 18.3 Å². The summed E-state index contributed by atoms with van der Waals surface area (Å²) in [6.45, 7) is 0.204. The average Bonchev–Trinajstić information content (AvgIpc) is 3.21. The van der Waals surface area contributed by atoms with E-state index in [4.69, 9.17) is 36.6 Å². The first-order chi connectivity index (χ1) is 17.7. The number of aromatic nitrogens is 1. The largest absolute Gasteiger partial charge is 0.491 e. The topological polar surface area (TPSA) is 219 Å². The molecule has 12 nitrogen and oxygen atoms in total. The number of anilines is 1. The first-order valence-corrected chi connectivity index (χ1v) is 11.1. The number of carboxylic acid groups (broad SMARTS) is 2. The van der Waals surface area contributed by atoms with Gasteiger partial charge in [0, 0.05) is 23.1 Å². The van der Waals surface area contributed by atoms with Crippen molar-refractivity contribution in [3.63, 3.8) is 0 Å². The molecule has 0 atom stereocenters. The van der Waals surface area contributed by atoms with Crippen molar-refractivity contribution in [3.8, 4) is 5.75 Å². The molecular weight excluding hydrogens is 535 g/mol. The monoisotopic (exact) mass is 555 g/mol. The Labute approximate surface area is 215 Å². The van der Waals surface area contributed by atoms with Crippen LogP contribution in [-0.4, -0.2) is 64.0 Å². The molecule has 8 N–H and O–H groups in total. The molecule has 0 spiro atoms. The van der Waals surface area contributed by atoms with Crippen molar-refractivity contribution in [2.75, 3.05) is 18.9 Å². The zero-order chi connectivity index (χ0) is 28.6. The molecule has 0 aliphatic rings. The van der Waals surface area contributed by atoms with Gasteiger partial charge in [-0.2, -0.15) is 13.2 Å². The Balaban J connectivity index is 0.000000638. The molecule has 0 radical (unpaired) electrons. The third kappa shape index (κ3) is 8.44. The normalized spacial score (nSPS) is 10.7. The number of hydrogen-bond donors (Lipinski definition) is 6. The van der Waals surface area contributed by atoms with Crippen molar-refractivity contribution >= 4 is 56.1 Å². The van der Waals surface area contributed by atoms with E-state index in [0.717, 1.165) is 10.2 Å². The lowest BCUT2D eigenvalue weighted by Gasteiger charge is -2.13. The van der Waals surface area contributed by atoms with Crippen molar-refractivity contribution in [2.24, 2.45) is 5.73 Å². The maximum absolute atomic E-state index is 12.4. The predicted molar refractivity (Wildman–Crippen MR) is 129 cm³/mol. The van der Waals surface area contributed by atoms with Crippen LogP contribution in [0, 0.1) is 5.41 Å². The highest BCUT2D eigenvalue weighted by molar-refractivity contribution is 7.22. The zero-order valence-corrected chi connectivity index (χ0v) is 20.0. The number of benzene rings is 2. The lowest BCUT2D eigenvalue weighted by Crippen LogP contribution is -2.28. The summed E-state index contributed by atoms with van der Waals surface area (Å²) in [6, 6.07) is 9.50. The Hall–Kier alpha value is -4.73. The summed E-state index contributed by atoms with van der Waals surface area (Å²) in [5.41, 5.74) is 13.0. The zero-order valence-electron chi connectivity index (χ0n) is 19.2. The van der Waals surface area contributed by atoms with E-state index in [1.165, 1.54) is 29.5 Å². The molecular formula is C22H20F3N5O7S. The van der Waals surface area contributed by atoms with E-state index in [1.54, 1.807) is 18.2 Å². The van der Waals surface area contributed by atoms with E-state index in [2.05, 4.69) is 10.3 Å². The number of hydrogen-bond acceptors (Lipinski definition) is 9. The van der Waals surface area contributed by atoms with Gasteiger partial charge in [-0.05, 0) is 24.3 Å². The van der Waals surface area contributed by atoms with E-state index in [-0.39, 0.29) is 37.1 Å². The lowest BCUT2D eigenvalue weighted by molar-refractivity contribution is -0.192. The quantitative estimate of drug-likeness (QED) is 0.0973. The van der Waals surface area contributed by atoms with Crippen molar-refractivity contribution in [2.45, 2.75) is 12.6 Å². The minimum absolute atomic E-state index is 0.0527. The van der Waals surface area contributed by atoms with Gasteiger partial charge in [-0.15, -0.1) is 0 Å². The second-order valence-corrected chi connectivity index (χ2v) is 8.35. The molecule has 16 heteroatoms. The summed E-state index contributed by atoms with van der Waals surface area (Å²) in [5.74, 6) is -5.59. The average molecular weight is 555 g/mol. The van der Waals surface area contributed by atoms with Gasteiger partial charge in [-0.1, -0.05) is 23.5 Å². The Kier molecular flexibility index (Phi) is 9.69. The van der Waals surface area contributed by atoms with Crippen molar-refractivity contribution in [3.05, 3.63) is 53.1 Å². The molecule has 1 heterocycles. The number of carbonyl (C=O) groups is 4. The van der Waals surface area contributed by atoms with Gasteiger partial charge in [-0.3, -0.25) is 15.0 Å². The molecule has 0 aliphatic heterocycles. The molecule has 2 aromatic carbocycles. The highest BCUT2D eigenvalue weighted by atomic mass is 32.1. The summed E-state index contributed by atoms with van der Waals surface area (Å²) >= 11 is 1.29. The van der Waals surface area contributed by atoms with Gasteiger partial charge in [0.15, 0.2) is 5.13 Å². The van der Waals surface area contributed by atoms with Crippen LogP contribution in [0.25, 0.3) is 10.2 Å². The summed E-state index contributed by atoms with van der Waals surface area (Å²) < 4.78 is 38.2. The summed E-state index contributed by atoms with van der Waals surface area (Å²) in [6.07, 6.45) is -5.45. The van der Waals surface area contributed by atoms with Crippen LogP contribution in [0.3, 0.4) is 0 Å². The number of amides is 1. The second-order valence-electron chi connectivity index (χ2n) is 7.28. The number of nitrogens with two attached hydrogens (primary N) is 2. The number of Topliss-reactive ketones (excluding diaryl/α,β-unsaturated/α-hetero) is 1. The summed E-state index contributed by atoms with van der Waals surface area (Å²) in [5, 5.41) is 26.6. The fraction of sp³-hybridized carbons (Fsp3) is 0.182. The second kappa shape index (κ2) is 12.5. The van der Waals surface area contributed by atoms with E-state index >= 15 is 0 Å². The molecule has 0 bridgehead atoms. The summed E-state index contributed by atoms with van der Waals surface area (Å²) in [7, 11) is 0. The van der Waals surface area contributed by atoms with Crippen LogP contribution < -0.4 is 21.5 Å². The Bertz CT molecular complexity index is 1390. The number of fused-ring (bicyclic) bond motifs is 1. The van der Waals surface area contributed by atoms with Crippen LogP contribution in [0.15, 0.2) is 36.4 Å². The van der Waals surface area contributed by atoms with Gasteiger partial charge >= 0.3 is 18.1 Å². The number of aliphatic carboxylic acids is 2. The predicted octanol–water partition coefficient (Wildman–Crippen LogP) is 1.80. The highest BCUT2D eigenvalue weighted by Crippen LogP contribution is 2.25. The first-order valence-electron chi connectivity index (χ1n) is 10.3. The minimum Gasteiger partial charge on any atom is -0.491 e. The van der Waals surface area contributed by atoms with Crippen molar-refractivity contribution in [1.29, 1.82) is 5.41 Å². The Morgan fingerprint density at radius 1 is 1.08 bits per heavy atom. The number of alkyl halides is 3. The standard InChI is InChI=1S/C20H19N5O5S.C2HF3O2/c21-17(22)11-2-1-10(7-14(26)19(28)29)15(8-11)30-6-5-24-18(27)12-3-4-13-16(9-12)31-20(23)25-13;3-2(4,5)1(6)7/h1-4,8-9H,5-7H2,(H3,21,22)(H2,23,25)(H,24,27)(H,28,29);(H,6,7). The van der Waals surface area contributed by atoms with E-state index in [1.807, 2.05) is 0 Å². The number of carbonyl (C=O) groups excluding carboxylic acids is 2. The fourth-order valence-corrected chi connectivity index (χ4v) is 3.54. The highest BCUT2D eigenvalue weighted by Gasteiger charge is 2.38. The number of nitrogen functional groups attached to an aromatic ring is 2. The number of thiazole rings is 1. The van der Waals surface area contributed by atoms with E-state index in [9.17, 15) is 27.6 Å². The third-order valence-corrected chi connectivity index (χ3v) is 5.37. The first kappa shape index (κ1) is 29.5. The number of carboxylic acids is 2. The fourth-order valence-electron chi connectivity index (χ4n) is 2.76. The molecule has 0 unspecified atom stereocenters. The van der Waals surface area contributed by atoms with Crippen molar-refractivity contribution < 1.29 is 47.3 Å². The number of ketones is 1. The van der Waals surface area contributed by atoms with Gasteiger partial charge < -0.3 is 31.7 Å². The molecule has 3 rings (SSSR count). The molecule has 0 saturated heterocycles. The van der Waals surface area contributed by atoms with Crippen molar-refractivity contribution in [1.82, 2.24) is 10.3 Å². The molecule has 202 valence electrons. The number of ether oxygens (including phenoxy) is 1. The maximum atomic E-state index is 12.4. The van der Waals surface area contributed by atoms with Crippen LogP contribution in [0.1, 0.15) is 21.5 Å². The summed E-state index contributed by atoms with van der Waals surface area (Å²) in [4.78, 5) is 47.8. The number of rotatable bonds is 9. The molecule has 0 aliphatic carbocycles. The van der Waals surface area contributed by atoms with Crippen LogP contribution >= 0.6 is 11.3 Å². The number of amidine groups is 1. The molecule has 38 heavy (non-hydrogen) atoms. The van der Waals surface area contributed by atoms with Gasteiger partial charge in [0.2, 0.25) is 5.78 Å². The molecule has 3 aromatic rings. The molecule has 0 saturated carbocycles. The van der Waals surface area contributed by atoms with E-state index in [0.29, 0.717) is 21.8 Å². The Morgan fingerprint density at radius 2 is 1.71 bits per heavy atom.